The average molecular weight is 794 g/mol. The number of hydrogen-bond donors (Lipinski definition) is 3. The molecule has 0 radical (unpaired) electrons. The highest BCUT2D eigenvalue weighted by Crippen LogP contribution is 2.43. The third kappa shape index (κ3) is 40.2. The number of likely N-dealkylation sites (N-methyl/N-ethyl adjacent to an activating group) is 1. The van der Waals surface area contributed by atoms with E-state index >= 15 is 0 Å². The van der Waals surface area contributed by atoms with Crippen LogP contribution in [-0.4, -0.2) is 73.4 Å². The maximum Gasteiger partial charge on any atom is 0.472 e. The molecule has 3 unspecified atom stereocenters. The number of nitrogens with zero attached hydrogens (tertiary/aromatic N) is 1. The van der Waals surface area contributed by atoms with E-state index in [4.69, 9.17) is 9.05 Å². The molecular weight excluding hydrogens is 707 g/mol. The van der Waals surface area contributed by atoms with Crippen LogP contribution in [0.15, 0.2) is 60.8 Å². The largest absolute Gasteiger partial charge is 0.472 e. The second-order valence-corrected chi connectivity index (χ2v) is 17.5. The molecule has 0 aliphatic heterocycles. The predicted octanol–water partition coefficient (Wildman–Crippen LogP) is 12.2. The second kappa shape index (κ2) is 37.8. The molecule has 3 N–H and O–H groups in total. The van der Waals surface area contributed by atoms with E-state index in [2.05, 4.69) is 67.8 Å². The van der Waals surface area contributed by atoms with Gasteiger partial charge in [0.25, 0.3) is 0 Å². The van der Waals surface area contributed by atoms with Crippen LogP contribution >= 0.6 is 7.82 Å². The van der Waals surface area contributed by atoms with Crippen LogP contribution in [0.5, 0.6) is 0 Å². The summed E-state index contributed by atoms with van der Waals surface area (Å²) in [7, 11) is 1.53. The van der Waals surface area contributed by atoms with Gasteiger partial charge in [-0.15, -0.1) is 0 Å². The molecule has 0 bridgehead atoms. The standard InChI is InChI=1S/C46H85N2O6P/c1-6-8-10-12-14-16-18-20-21-22-23-24-25-26-28-29-31-33-35-37-39-45(49)44(43-54-55(51,52)53-42-41-48(3,4)5)47-46(50)40-38-36-34-32-30-27-19-17-15-13-11-9-7-2/h9,11,15,17,27,29-31,37,39,44-45,49H,6-8,10,12-14,16,18-26,28,32-36,38,40-43H2,1-5H3,(H-,47,50,51,52)/p+1/b11-9-,17-15-,30-27-,31-29+,39-37+. The van der Waals surface area contributed by atoms with E-state index in [1.165, 1.54) is 89.9 Å². The summed E-state index contributed by atoms with van der Waals surface area (Å²) in [5.41, 5.74) is 0. The molecule has 0 aliphatic rings. The monoisotopic (exact) mass is 794 g/mol. The van der Waals surface area contributed by atoms with E-state index in [0.717, 1.165) is 64.2 Å². The average Bonchev–Trinajstić information content (AvgIpc) is 3.13. The van der Waals surface area contributed by atoms with Gasteiger partial charge in [0, 0.05) is 6.42 Å². The zero-order valence-corrected chi connectivity index (χ0v) is 37.0. The lowest BCUT2D eigenvalue weighted by Crippen LogP contribution is -2.45. The molecule has 0 fully saturated rings. The van der Waals surface area contributed by atoms with Crippen molar-refractivity contribution in [1.82, 2.24) is 5.32 Å². The van der Waals surface area contributed by atoms with E-state index in [-0.39, 0.29) is 19.1 Å². The molecule has 3 atom stereocenters. The maximum absolute atomic E-state index is 12.8. The van der Waals surface area contributed by atoms with Crippen molar-refractivity contribution in [3.05, 3.63) is 60.8 Å². The maximum atomic E-state index is 12.8. The summed E-state index contributed by atoms with van der Waals surface area (Å²) in [6.07, 6.45) is 48.7. The van der Waals surface area contributed by atoms with Crippen LogP contribution in [0, 0.1) is 0 Å². The van der Waals surface area contributed by atoms with Crippen molar-refractivity contribution < 1.29 is 32.9 Å². The molecule has 0 spiro atoms. The van der Waals surface area contributed by atoms with Crippen molar-refractivity contribution in [3.63, 3.8) is 0 Å². The van der Waals surface area contributed by atoms with Crippen molar-refractivity contribution in [1.29, 1.82) is 0 Å². The Balaban J connectivity index is 4.50. The Labute approximate surface area is 339 Å². The number of allylic oxidation sites excluding steroid dienone is 9. The van der Waals surface area contributed by atoms with Crippen LogP contribution in [0.4, 0.5) is 0 Å². The van der Waals surface area contributed by atoms with Gasteiger partial charge in [-0.25, -0.2) is 4.57 Å². The number of phosphoric ester groups is 1. The first-order chi connectivity index (χ1) is 26.5. The summed E-state index contributed by atoms with van der Waals surface area (Å²) in [6.45, 7) is 4.64. The van der Waals surface area contributed by atoms with E-state index < -0.39 is 20.0 Å². The van der Waals surface area contributed by atoms with Crippen molar-refractivity contribution in [2.45, 2.75) is 187 Å². The van der Waals surface area contributed by atoms with Gasteiger partial charge in [-0.1, -0.05) is 164 Å². The number of aliphatic hydroxyl groups excluding tert-OH is 1. The summed E-state index contributed by atoms with van der Waals surface area (Å²) in [6, 6.07) is -0.879. The van der Waals surface area contributed by atoms with Crippen molar-refractivity contribution in [3.8, 4) is 0 Å². The minimum absolute atomic E-state index is 0.0478. The van der Waals surface area contributed by atoms with Crippen LogP contribution in [-0.2, 0) is 18.4 Å². The van der Waals surface area contributed by atoms with Crippen LogP contribution < -0.4 is 5.32 Å². The summed E-state index contributed by atoms with van der Waals surface area (Å²) in [5.74, 6) is -0.219. The predicted molar refractivity (Wildman–Crippen MR) is 235 cm³/mol. The Hall–Kier alpha value is -1.80. The number of rotatable bonds is 39. The molecule has 0 rings (SSSR count). The Morgan fingerprint density at radius 2 is 1.11 bits per heavy atom. The molecule has 0 saturated carbocycles. The summed E-state index contributed by atoms with van der Waals surface area (Å²) in [5, 5.41) is 13.8. The van der Waals surface area contributed by atoms with Crippen LogP contribution in [0.1, 0.15) is 174 Å². The minimum atomic E-state index is -4.35. The molecule has 0 aromatic rings. The van der Waals surface area contributed by atoms with Gasteiger partial charge in [-0.2, -0.15) is 0 Å². The Bertz CT molecular complexity index is 1080. The highest BCUT2D eigenvalue weighted by molar-refractivity contribution is 7.47. The highest BCUT2D eigenvalue weighted by Gasteiger charge is 2.27. The van der Waals surface area contributed by atoms with Gasteiger partial charge < -0.3 is 19.8 Å². The second-order valence-electron chi connectivity index (χ2n) is 16.0. The van der Waals surface area contributed by atoms with Gasteiger partial charge in [0.2, 0.25) is 5.91 Å². The molecule has 0 saturated heterocycles. The molecule has 0 aliphatic carbocycles. The van der Waals surface area contributed by atoms with Gasteiger partial charge in [-0.05, 0) is 64.2 Å². The number of hydrogen-bond acceptors (Lipinski definition) is 5. The summed E-state index contributed by atoms with van der Waals surface area (Å²) in [4.78, 5) is 23.1. The fourth-order valence-corrected chi connectivity index (χ4v) is 6.69. The van der Waals surface area contributed by atoms with Crippen LogP contribution in [0.2, 0.25) is 0 Å². The van der Waals surface area contributed by atoms with Crippen molar-refractivity contribution >= 4 is 13.7 Å². The van der Waals surface area contributed by atoms with E-state index in [1.54, 1.807) is 6.08 Å². The number of nitrogens with one attached hydrogen (secondary N) is 1. The first kappa shape index (κ1) is 53.2. The van der Waals surface area contributed by atoms with E-state index in [9.17, 15) is 19.4 Å². The molecule has 55 heavy (non-hydrogen) atoms. The Morgan fingerprint density at radius 3 is 1.67 bits per heavy atom. The number of phosphoric acid groups is 1. The number of carbonyl (C=O) groups excluding carboxylic acids is 1. The normalized spacial score (nSPS) is 15.0. The smallest absolute Gasteiger partial charge is 0.387 e. The molecule has 9 heteroatoms. The van der Waals surface area contributed by atoms with E-state index in [0.29, 0.717) is 17.4 Å². The Morgan fingerprint density at radius 1 is 0.636 bits per heavy atom. The highest BCUT2D eigenvalue weighted by atomic mass is 31.2. The van der Waals surface area contributed by atoms with E-state index in [1.807, 2.05) is 27.2 Å². The van der Waals surface area contributed by atoms with Gasteiger partial charge in [-0.3, -0.25) is 13.8 Å². The number of amides is 1. The molecule has 1 amide bonds. The zero-order valence-electron chi connectivity index (χ0n) is 36.1. The topological polar surface area (TPSA) is 105 Å². The fourth-order valence-electron chi connectivity index (χ4n) is 5.95. The van der Waals surface area contributed by atoms with Gasteiger partial charge in [0.05, 0.1) is 39.9 Å². The fraction of sp³-hybridized carbons (Fsp3) is 0.761. The lowest BCUT2D eigenvalue weighted by Gasteiger charge is -2.25. The van der Waals surface area contributed by atoms with Gasteiger partial charge in [0.1, 0.15) is 13.2 Å². The first-order valence-corrected chi connectivity index (χ1v) is 23.7. The summed E-state index contributed by atoms with van der Waals surface area (Å²) >= 11 is 0. The number of quaternary nitrogens is 1. The molecule has 0 aromatic carbocycles. The number of carbonyl (C=O) groups is 1. The number of aliphatic hydroxyl groups is 1. The van der Waals surface area contributed by atoms with Crippen LogP contribution in [0.3, 0.4) is 0 Å². The zero-order chi connectivity index (χ0) is 40.7. The van der Waals surface area contributed by atoms with Crippen molar-refractivity contribution in [2.75, 3.05) is 40.9 Å². The molecule has 0 aromatic heterocycles. The van der Waals surface area contributed by atoms with Crippen molar-refractivity contribution in [2.24, 2.45) is 0 Å². The molecular formula is C46H86N2O6P+. The Kier molecular flexibility index (Phi) is 36.5. The lowest BCUT2D eigenvalue weighted by molar-refractivity contribution is -0.870. The summed E-state index contributed by atoms with van der Waals surface area (Å²) < 4.78 is 23.5. The minimum Gasteiger partial charge on any atom is -0.387 e. The third-order valence-electron chi connectivity index (χ3n) is 9.47. The number of unbranched alkanes of at least 4 members (excludes halogenated alkanes) is 18. The molecule has 8 nitrogen and oxygen atoms in total. The van der Waals surface area contributed by atoms with Gasteiger partial charge >= 0.3 is 7.82 Å². The molecule has 0 heterocycles. The van der Waals surface area contributed by atoms with Crippen LogP contribution in [0.25, 0.3) is 0 Å². The SMILES string of the molecule is CC/C=C\C/C=C\C/C=C\CCCCCC(=O)NC(COP(=O)(O)OCC[N+](C)(C)C)C(O)/C=C/CC/C=C/CCCCCCCCCCCCCCCC. The quantitative estimate of drug-likeness (QED) is 0.0248. The van der Waals surface area contributed by atoms with Gasteiger partial charge in [0.15, 0.2) is 0 Å². The molecule has 320 valence electrons. The first-order valence-electron chi connectivity index (χ1n) is 22.2. The third-order valence-corrected chi connectivity index (χ3v) is 10.5. The lowest BCUT2D eigenvalue weighted by atomic mass is 10.0.